The van der Waals surface area contributed by atoms with Crippen LogP contribution in [-0.2, 0) is 25.6 Å². The van der Waals surface area contributed by atoms with Crippen LogP contribution >= 0.6 is 6.72 Å². The van der Waals surface area contributed by atoms with E-state index < -0.39 is 30.3 Å². The topological polar surface area (TPSA) is 109 Å². The number of nitrogens with zero attached hydrogens (tertiary/aromatic N) is 2. The second-order valence-corrected chi connectivity index (χ2v) is 11.7. The minimum absolute atomic E-state index is 0.0472. The Bertz CT molecular complexity index is 771. The van der Waals surface area contributed by atoms with Crippen LogP contribution in [0.1, 0.15) is 60.6 Å². The molecule has 0 amide bonds. The Morgan fingerprint density at radius 1 is 1.41 bits per heavy atom. The summed E-state index contributed by atoms with van der Waals surface area (Å²) in [6.07, 6.45) is 1.13. The van der Waals surface area contributed by atoms with Gasteiger partial charge in [0.2, 0.25) is 0 Å². The molecule has 1 aromatic heterocycles. The van der Waals surface area contributed by atoms with E-state index in [9.17, 15) is 9.69 Å². The maximum absolute atomic E-state index is 12.2. The minimum atomic E-state index is -3.47. The van der Waals surface area contributed by atoms with Gasteiger partial charge in [0.15, 0.2) is 0 Å². The molecule has 1 aliphatic heterocycles. The maximum atomic E-state index is 12.2. The van der Waals surface area contributed by atoms with Gasteiger partial charge in [-0.25, -0.2) is 4.79 Å². The van der Waals surface area contributed by atoms with Crippen LogP contribution in [0.5, 0.6) is 0 Å². The standard InChI is InChI=1S/C17H30N3O5PS/c1-16(2,3)10-12-11(24-26(22,27)25-17(4,5)6)9-14(23-12)20-8-7-13(18)19-15(20)21/h7-8,11-12,14H,9-10H2,1-6H3,(H,22,27)(H2,18,19,21)/t11-,12+,14+,26?/m0/s1. The highest BCUT2D eigenvalue weighted by Gasteiger charge is 2.42. The van der Waals surface area contributed by atoms with Gasteiger partial charge in [0.25, 0.3) is 0 Å². The van der Waals surface area contributed by atoms with Crippen molar-refractivity contribution in [2.75, 3.05) is 5.73 Å². The van der Waals surface area contributed by atoms with E-state index in [2.05, 4.69) is 25.8 Å². The molecule has 2 rings (SSSR count). The number of hydrogen-bond donors (Lipinski definition) is 2. The molecular formula is C17H30N3O5PS. The monoisotopic (exact) mass is 419 g/mol. The fraction of sp³-hybridized carbons (Fsp3) is 0.765. The van der Waals surface area contributed by atoms with Gasteiger partial charge in [-0.15, -0.1) is 0 Å². The van der Waals surface area contributed by atoms with Gasteiger partial charge in [-0.1, -0.05) is 20.8 Å². The second-order valence-electron chi connectivity index (χ2n) is 8.99. The summed E-state index contributed by atoms with van der Waals surface area (Å²) in [5, 5.41) is 0. The van der Waals surface area contributed by atoms with E-state index in [4.69, 9.17) is 31.3 Å². The molecule has 1 fully saturated rings. The van der Waals surface area contributed by atoms with Crippen molar-refractivity contribution in [1.82, 2.24) is 9.55 Å². The molecule has 27 heavy (non-hydrogen) atoms. The summed E-state index contributed by atoms with van der Waals surface area (Å²) in [5.74, 6) is 0.151. The van der Waals surface area contributed by atoms with Crippen LogP contribution in [0.25, 0.3) is 0 Å². The van der Waals surface area contributed by atoms with E-state index in [1.54, 1.807) is 27.0 Å². The molecule has 3 N–H and O–H groups in total. The molecule has 4 atom stereocenters. The molecule has 10 heteroatoms. The third-order valence-electron chi connectivity index (χ3n) is 3.81. The highest BCUT2D eigenvalue weighted by atomic mass is 32.5. The third-order valence-corrected chi connectivity index (χ3v) is 5.61. The first-order valence-corrected chi connectivity index (χ1v) is 11.5. The molecule has 1 aromatic rings. The Morgan fingerprint density at radius 2 is 2.04 bits per heavy atom. The van der Waals surface area contributed by atoms with E-state index in [0.29, 0.717) is 12.8 Å². The van der Waals surface area contributed by atoms with Crippen molar-refractivity contribution >= 4 is 24.3 Å². The first-order chi connectivity index (χ1) is 12.2. The van der Waals surface area contributed by atoms with Crippen LogP contribution in [-0.4, -0.2) is 32.3 Å². The third kappa shape index (κ3) is 6.93. The number of hydrogen-bond acceptors (Lipinski definition) is 7. The Hall–Kier alpha value is -0.830. The molecule has 0 radical (unpaired) electrons. The summed E-state index contributed by atoms with van der Waals surface area (Å²) in [6, 6.07) is 1.54. The molecule has 0 aliphatic carbocycles. The van der Waals surface area contributed by atoms with Crippen molar-refractivity contribution in [3.63, 3.8) is 0 Å². The van der Waals surface area contributed by atoms with Gasteiger partial charge in [-0.3, -0.25) is 4.57 Å². The number of aromatic nitrogens is 2. The van der Waals surface area contributed by atoms with E-state index in [-0.39, 0.29) is 17.3 Å². The number of nitrogens with two attached hydrogens (primary N) is 1. The molecule has 1 unspecified atom stereocenters. The van der Waals surface area contributed by atoms with Crippen LogP contribution < -0.4 is 11.4 Å². The highest BCUT2D eigenvalue weighted by Crippen LogP contribution is 2.52. The van der Waals surface area contributed by atoms with Crippen molar-refractivity contribution in [1.29, 1.82) is 0 Å². The Labute approximate surface area is 165 Å². The Kier molecular flexibility index (Phi) is 6.56. The Morgan fingerprint density at radius 3 is 2.56 bits per heavy atom. The molecule has 0 spiro atoms. The number of nitrogen functional groups attached to an aromatic ring is 1. The lowest BCUT2D eigenvalue weighted by Crippen LogP contribution is -2.29. The van der Waals surface area contributed by atoms with Crippen molar-refractivity contribution in [3.8, 4) is 0 Å². The summed E-state index contributed by atoms with van der Waals surface area (Å²) < 4.78 is 18.8. The van der Waals surface area contributed by atoms with Gasteiger partial charge < -0.3 is 24.4 Å². The molecule has 0 aromatic carbocycles. The average Bonchev–Trinajstić information content (AvgIpc) is 2.75. The van der Waals surface area contributed by atoms with Crippen molar-refractivity contribution in [2.24, 2.45) is 5.41 Å². The zero-order valence-electron chi connectivity index (χ0n) is 16.7. The number of rotatable bonds is 5. The normalized spacial score (nSPS) is 26.1. The number of ether oxygens (including phenoxy) is 1. The van der Waals surface area contributed by atoms with Crippen LogP contribution in [0.3, 0.4) is 0 Å². The smallest absolute Gasteiger partial charge is 0.351 e. The summed E-state index contributed by atoms with van der Waals surface area (Å²) in [7, 11) is 0. The summed E-state index contributed by atoms with van der Waals surface area (Å²) >= 11 is 5.19. The first kappa shape index (κ1) is 22.5. The van der Waals surface area contributed by atoms with Crippen molar-refractivity contribution in [2.45, 2.75) is 78.4 Å². The lowest BCUT2D eigenvalue weighted by atomic mass is 9.87. The number of anilines is 1. The molecule has 0 bridgehead atoms. The van der Waals surface area contributed by atoms with Gasteiger partial charge in [-0.2, -0.15) is 4.98 Å². The zero-order valence-corrected chi connectivity index (χ0v) is 18.4. The fourth-order valence-electron chi connectivity index (χ4n) is 2.95. The average molecular weight is 419 g/mol. The largest absolute Gasteiger partial charge is 0.383 e. The maximum Gasteiger partial charge on any atom is 0.351 e. The van der Waals surface area contributed by atoms with Gasteiger partial charge >= 0.3 is 12.4 Å². The van der Waals surface area contributed by atoms with E-state index in [0.717, 1.165) is 0 Å². The Balaban J connectivity index is 2.24. The second kappa shape index (κ2) is 7.89. The molecule has 8 nitrogen and oxygen atoms in total. The summed E-state index contributed by atoms with van der Waals surface area (Å²) in [5.41, 5.74) is 4.38. The zero-order chi connectivity index (χ0) is 20.6. The lowest BCUT2D eigenvalue weighted by molar-refractivity contribution is -0.0388. The van der Waals surface area contributed by atoms with E-state index in [1.165, 1.54) is 10.6 Å². The minimum Gasteiger partial charge on any atom is -0.383 e. The van der Waals surface area contributed by atoms with Gasteiger partial charge in [-0.05, 0) is 50.5 Å². The lowest BCUT2D eigenvalue weighted by Gasteiger charge is -2.31. The van der Waals surface area contributed by atoms with Gasteiger partial charge in [0.05, 0.1) is 17.8 Å². The van der Waals surface area contributed by atoms with Crippen LogP contribution in [0.15, 0.2) is 17.1 Å². The molecule has 1 aliphatic rings. The van der Waals surface area contributed by atoms with Crippen LogP contribution in [0.2, 0.25) is 0 Å². The SMILES string of the molecule is CC(C)(C)C[C@H]1O[C@@H](n2ccc(N)nc2=O)C[C@@H]1OP(O)(=S)OC(C)(C)C. The summed E-state index contributed by atoms with van der Waals surface area (Å²) in [6.45, 7) is 8.17. The molecular weight excluding hydrogens is 389 g/mol. The predicted molar refractivity (Wildman–Crippen MR) is 108 cm³/mol. The fourth-order valence-corrected chi connectivity index (χ4v) is 5.25. The molecule has 0 saturated carbocycles. The van der Waals surface area contributed by atoms with Crippen LogP contribution in [0.4, 0.5) is 5.82 Å². The molecule has 154 valence electrons. The predicted octanol–water partition coefficient (Wildman–Crippen LogP) is 2.97. The summed E-state index contributed by atoms with van der Waals surface area (Å²) in [4.78, 5) is 26.4. The quantitative estimate of drug-likeness (QED) is 0.701. The van der Waals surface area contributed by atoms with Gasteiger partial charge in [0.1, 0.15) is 12.0 Å². The first-order valence-electron chi connectivity index (χ1n) is 8.87. The molecule has 2 heterocycles. The van der Waals surface area contributed by atoms with E-state index >= 15 is 0 Å². The van der Waals surface area contributed by atoms with Crippen molar-refractivity contribution in [3.05, 3.63) is 22.7 Å². The van der Waals surface area contributed by atoms with Crippen LogP contribution in [0, 0.1) is 5.41 Å². The van der Waals surface area contributed by atoms with E-state index in [1.807, 2.05) is 0 Å². The highest BCUT2D eigenvalue weighted by molar-refractivity contribution is 8.07. The van der Waals surface area contributed by atoms with Crippen molar-refractivity contribution < 1.29 is 18.7 Å². The van der Waals surface area contributed by atoms with Gasteiger partial charge in [0, 0.05) is 12.6 Å². The molecule has 1 saturated heterocycles.